The number of alkyl halides is 2. The molecular weight excluding hydrogens is 318 g/mol. The Labute approximate surface area is 129 Å². The van der Waals surface area contributed by atoms with Gasteiger partial charge in [-0.2, -0.15) is 0 Å². The molecule has 0 bridgehead atoms. The highest BCUT2D eigenvalue weighted by Crippen LogP contribution is 2.28. The number of carboxylic acids is 1. The van der Waals surface area contributed by atoms with Crippen molar-refractivity contribution in [3.63, 3.8) is 0 Å². The van der Waals surface area contributed by atoms with Gasteiger partial charge in [0.15, 0.2) is 5.75 Å². The van der Waals surface area contributed by atoms with Crippen molar-refractivity contribution < 1.29 is 33.1 Å². The molecular formula is C13H14F2N2O6. The normalized spacial score (nSPS) is 11.8. The lowest BCUT2D eigenvalue weighted by Crippen LogP contribution is -2.42. The van der Waals surface area contributed by atoms with E-state index in [9.17, 15) is 28.5 Å². The average molecular weight is 332 g/mol. The van der Waals surface area contributed by atoms with Crippen LogP contribution < -0.4 is 10.1 Å². The number of carbonyl (C=O) groups excluding carboxylic acids is 1. The van der Waals surface area contributed by atoms with Gasteiger partial charge in [-0.25, -0.2) is 13.6 Å². The molecule has 8 nitrogen and oxygen atoms in total. The van der Waals surface area contributed by atoms with Gasteiger partial charge in [0, 0.05) is 18.1 Å². The van der Waals surface area contributed by atoms with E-state index in [2.05, 4.69) is 0 Å². The topological polar surface area (TPSA) is 119 Å². The smallest absolute Gasteiger partial charge is 0.326 e. The maximum Gasteiger partial charge on any atom is 0.326 e. The highest BCUT2D eigenvalue weighted by Gasteiger charge is 2.26. The van der Waals surface area contributed by atoms with Crippen molar-refractivity contribution in [2.75, 3.05) is 6.61 Å². The van der Waals surface area contributed by atoms with Gasteiger partial charge in [0.05, 0.1) is 11.5 Å². The highest BCUT2D eigenvalue weighted by atomic mass is 19.3. The molecule has 1 aromatic rings. The number of hydrogen-bond donors (Lipinski definition) is 2. The molecule has 10 heteroatoms. The first-order chi connectivity index (χ1) is 10.8. The summed E-state index contributed by atoms with van der Waals surface area (Å²) in [5.41, 5.74) is -0.721. The average Bonchev–Trinajstić information content (AvgIpc) is 2.46. The van der Waals surface area contributed by atoms with E-state index in [4.69, 9.17) is 9.84 Å². The van der Waals surface area contributed by atoms with Gasteiger partial charge in [0.2, 0.25) is 6.43 Å². The van der Waals surface area contributed by atoms with Crippen molar-refractivity contribution in [3.05, 3.63) is 33.9 Å². The van der Waals surface area contributed by atoms with Gasteiger partial charge in [-0.15, -0.1) is 0 Å². The summed E-state index contributed by atoms with van der Waals surface area (Å²) in [6.07, 6.45) is -3.99. The van der Waals surface area contributed by atoms with E-state index in [1.54, 1.807) is 6.92 Å². The molecule has 1 atom stereocenters. The lowest BCUT2D eigenvalue weighted by Gasteiger charge is -2.14. The van der Waals surface area contributed by atoms with Crippen LogP contribution in [0.5, 0.6) is 5.75 Å². The van der Waals surface area contributed by atoms with Crippen LogP contribution in [-0.2, 0) is 4.79 Å². The van der Waals surface area contributed by atoms with Crippen molar-refractivity contribution in [2.24, 2.45) is 0 Å². The highest BCUT2D eigenvalue weighted by molar-refractivity contribution is 5.97. The van der Waals surface area contributed by atoms with Gasteiger partial charge in [-0.3, -0.25) is 14.9 Å². The number of carboxylic acid groups (broad SMARTS) is 1. The van der Waals surface area contributed by atoms with Crippen LogP contribution in [0, 0.1) is 10.1 Å². The van der Waals surface area contributed by atoms with E-state index in [1.807, 2.05) is 5.32 Å². The minimum atomic E-state index is -2.92. The van der Waals surface area contributed by atoms with Crippen molar-refractivity contribution in [1.29, 1.82) is 0 Å². The molecule has 0 aliphatic carbocycles. The molecule has 0 spiro atoms. The SMILES string of the molecule is CCOc1ccc(C(=O)NC(CC(F)F)C(=O)O)cc1[N+](=O)[O-]. The quantitative estimate of drug-likeness (QED) is 0.554. The molecule has 0 aliphatic heterocycles. The van der Waals surface area contributed by atoms with Gasteiger partial charge < -0.3 is 15.2 Å². The number of aliphatic carboxylic acids is 1. The number of benzene rings is 1. The van der Waals surface area contributed by atoms with E-state index in [0.717, 1.165) is 6.07 Å². The van der Waals surface area contributed by atoms with Crippen LogP contribution in [0.2, 0.25) is 0 Å². The standard InChI is InChI=1S/C13H14F2N2O6/c1-2-23-10-4-3-7(5-9(10)17(21)22)12(18)16-8(13(19)20)6-11(14)15/h3-5,8,11H,2,6H2,1H3,(H,16,18)(H,19,20). The molecule has 0 saturated heterocycles. The van der Waals surface area contributed by atoms with E-state index >= 15 is 0 Å². The van der Waals surface area contributed by atoms with Gasteiger partial charge in [0.25, 0.3) is 5.91 Å². The molecule has 1 unspecified atom stereocenters. The number of ether oxygens (including phenoxy) is 1. The third kappa shape index (κ3) is 5.16. The summed E-state index contributed by atoms with van der Waals surface area (Å²) in [5.74, 6) is -2.69. The van der Waals surface area contributed by atoms with E-state index < -0.39 is 41.4 Å². The molecule has 0 aromatic heterocycles. The number of rotatable bonds is 8. The molecule has 126 valence electrons. The Morgan fingerprint density at radius 1 is 1.43 bits per heavy atom. The van der Waals surface area contributed by atoms with Crippen LogP contribution in [0.1, 0.15) is 23.7 Å². The summed E-state index contributed by atoms with van der Waals surface area (Å²) in [5, 5.41) is 21.6. The Kier molecular flexibility index (Phi) is 6.36. The number of nitrogens with one attached hydrogen (secondary N) is 1. The minimum absolute atomic E-state index is 0.0589. The zero-order valence-corrected chi connectivity index (χ0v) is 12.0. The number of hydrogen-bond acceptors (Lipinski definition) is 5. The van der Waals surface area contributed by atoms with Crippen LogP contribution in [0.25, 0.3) is 0 Å². The van der Waals surface area contributed by atoms with Gasteiger partial charge >= 0.3 is 11.7 Å². The second-order valence-electron chi connectivity index (χ2n) is 4.36. The first-order valence-corrected chi connectivity index (χ1v) is 6.49. The molecule has 23 heavy (non-hydrogen) atoms. The Hall–Kier alpha value is -2.78. The zero-order valence-electron chi connectivity index (χ0n) is 12.0. The number of nitro groups is 1. The van der Waals surface area contributed by atoms with E-state index in [0.29, 0.717) is 0 Å². The maximum atomic E-state index is 12.3. The molecule has 0 fully saturated rings. The molecule has 0 saturated carbocycles. The molecule has 1 amide bonds. The van der Waals surface area contributed by atoms with Crippen molar-refractivity contribution >= 4 is 17.6 Å². The fraction of sp³-hybridized carbons (Fsp3) is 0.385. The van der Waals surface area contributed by atoms with E-state index in [-0.39, 0.29) is 17.9 Å². The molecule has 0 radical (unpaired) electrons. The van der Waals surface area contributed by atoms with Crippen LogP contribution in [-0.4, -0.2) is 41.0 Å². The zero-order chi connectivity index (χ0) is 17.6. The monoisotopic (exact) mass is 332 g/mol. The number of nitro benzene ring substituents is 1. The summed E-state index contributed by atoms with van der Waals surface area (Å²) in [6, 6.07) is 1.45. The molecule has 0 aliphatic rings. The van der Waals surface area contributed by atoms with Crippen LogP contribution in [0.4, 0.5) is 14.5 Å². The van der Waals surface area contributed by atoms with Crippen LogP contribution >= 0.6 is 0 Å². The number of carbonyl (C=O) groups is 2. The summed E-state index contributed by atoms with van der Waals surface area (Å²) in [6.45, 7) is 1.79. The Balaban J connectivity index is 3.01. The molecule has 2 N–H and O–H groups in total. The number of halogens is 2. The largest absolute Gasteiger partial charge is 0.487 e. The first-order valence-electron chi connectivity index (χ1n) is 6.49. The Morgan fingerprint density at radius 3 is 2.57 bits per heavy atom. The maximum absolute atomic E-state index is 12.3. The van der Waals surface area contributed by atoms with Crippen LogP contribution in [0.3, 0.4) is 0 Å². The second kappa shape index (κ2) is 8.01. The van der Waals surface area contributed by atoms with Gasteiger partial charge in [0.1, 0.15) is 6.04 Å². The van der Waals surface area contributed by atoms with E-state index in [1.165, 1.54) is 12.1 Å². The Morgan fingerprint density at radius 2 is 2.09 bits per heavy atom. The number of amides is 1. The van der Waals surface area contributed by atoms with Gasteiger partial charge in [-0.1, -0.05) is 0 Å². The van der Waals surface area contributed by atoms with Crippen molar-refractivity contribution in [1.82, 2.24) is 5.32 Å². The first kappa shape index (κ1) is 18.3. The van der Waals surface area contributed by atoms with Crippen molar-refractivity contribution in [2.45, 2.75) is 25.8 Å². The Bertz CT molecular complexity index is 608. The van der Waals surface area contributed by atoms with Gasteiger partial charge in [-0.05, 0) is 19.1 Å². The lowest BCUT2D eigenvalue weighted by molar-refractivity contribution is -0.385. The summed E-state index contributed by atoms with van der Waals surface area (Å²) < 4.78 is 29.6. The van der Waals surface area contributed by atoms with Crippen LogP contribution in [0.15, 0.2) is 18.2 Å². The third-order valence-corrected chi connectivity index (χ3v) is 2.73. The minimum Gasteiger partial charge on any atom is -0.487 e. The predicted molar refractivity (Wildman–Crippen MR) is 73.8 cm³/mol. The second-order valence-corrected chi connectivity index (χ2v) is 4.36. The molecule has 1 rings (SSSR count). The van der Waals surface area contributed by atoms with Crippen molar-refractivity contribution in [3.8, 4) is 5.75 Å². The summed E-state index contributed by atoms with van der Waals surface area (Å²) >= 11 is 0. The summed E-state index contributed by atoms with van der Waals surface area (Å²) in [7, 11) is 0. The number of nitrogens with zero attached hydrogens (tertiary/aromatic N) is 1. The molecule has 1 aromatic carbocycles. The lowest BCUT2D eigenvalue weighted by atomic mass is 10.1. The summed E-state index contributed by atoms with van der Waals surface area (Å²) in [4.78, 5) is 32.9. The predicted octanol–water partition coefficient (Wildman–Crippen LogP) is 1.83. The fourth-order valence-electron chi connectivity index (χ4n) is 1.72. The fourth-order valence-corrected chi connectivity index (χ4v) is 1.72. The third-order valence-electron chi connectivity index (χ3n) is 2.73. The molecule has 0 heterocycles.